The summed E-state index contributed by atoms with van der Waals surface area (Å²) in [6, 6.07) is 17.9. The van der Waals surface area contributed by atoms with Crippen LogP contribution >= 0.6 is 11.3 Å². The Morgan fingerprint density at radius 2 is 1.60 bits per heavy atom. The van der Waals surface area contributed by atoms with Gasteiger partial charge in [0.25, 0.3) is 10.0 Å². The van der Waals surface area contributed by atoms with Crippen molar-refractivity contribution in [3.8, 4) is 16.3 Å². The molecule has 0 spiro atoms. The Morgan fingerprint density at radius 1 is 0.900 bits per heavy atom. The molecule has 4 rings (SSSR count). The highest BCUT2D eigenvalue weighted by atomic mass is 32.2. The summed E-state index contributed by atoms with van der Waals surface area (Å²) >= 11 is 1.38. The molecule has 0 saturated carbocycles. The lowest BCUT2D eigenvalue weighted by atomic mass is 10.3. The fraction of sp³-hybridized carbons (Fsp3) is 0. The summed E-state index contributed by atoms with van der Waals surface area (Å²) in [5.74, 6) is 0. The van der Waals surface area contributed by atoms with Crippen molar-refractivity contribution in [1.82, 2.24) is 9.78 Å². The fourth-order valence-electron chi connectivity index (χ4n) is 2.77. The molecule has 154 valence electrons. The molecule has 0 aliphatic carbocycles. The zero-order valence-corrected chi connectivity index (χ0v) is 17.8. The van der Waals surface area contributed by atoms with Crippen LogP contribution in [0.1, 0.15) is 0 Å². The Labute approximate surface area is 177 Å². The Balaban J connectivity index is 1.75. The van der Waals surface area contributed by atoms with Gasteiger partial charge in [-0.25, -0.2) is 26.7 Å². The first-order chi connectivity index (χ1) is 14.2. The van der Waals surface area contributed by atoms with Gasteiger partial charge in [0, 0.05) is 5.69 Å². The SMILES string of the molecule is NS(=O)(=O)c1ccc(NS(=O)(=O)c2cn(-c3ccccc3)nc2-c2cccs2)cc1. The van der Waals surface area contributed by atoms with Gasteiger partial charge >= 0.3 is 0 Å². The molecule has 0 aliphatic heterocycles. The van der Waals surface area contributed by atoms with E-state index >= 15 is 0 Å². The lowest BCUT2D eigenvalue weighted by molar-refractivity contribution is 0.597. The molecule has 0 amide bonds. The molecular weight excluding hydrogens is 444 g/mol. The van der Waals surface area contributed by atoms with Crippen molar-refractivity contribution in [2.24, 2.45) is 5.14 Å². The van der Waals surface area contributed by atoms with Crippen LogP contribution < -0.4 is 9.86 Å². The molecule has 0 unspecified atom stereocenters. The lowest BCUT2D eigenvalue weighted by Gasteiger charge is -2.08. The van der Waals surface area contributed by atoms with E-state index in [0.29, 0.717) is 16.3 Å². The van der Waals surface area contributed by atoms with Gasteiger partial charge in [-0.1, -0.05) is 24.3 Å². The van der Waals surface area contributed by atoms with Gasteiger partial charge in [-0.2, -0.15) is 5.10 Å². The Kier molecular flexibility index (Phi) is 5.20. The van der Waals surface area contributed by atoms with Gasteiger partial charge in [0.05, 0.1) is 21.7 Å². The van der Waals surface area contributed by atoms with E-state index < -0.39 is 20.0 Å². The zero-order valence-electron chi connectivity index (χ0n) is 15.3. The van der Waals surface area contributed by atoms with E-state index in [1.807, 2.05) is 41.8 Å². The fourth-order valence-corrected chi connectivity index (χ4v) is 5.28. The third kappa shape index (κ3) is 4.14. The molecule has 2 heterocycles. The molecule has 2 aromatic carbocycles. The first-order valence-corrected chi connectivity index (χ1v) is 12.5. The van der Waals surface area contributed by atoms with Crippen LogP contribution in [0.25, 0.3) is 16.3 Å². The van der Waals surface area contributed by atoms with Crippen LogP contribution in [0.2, 0.25) is 0 Å². The van der Waals surface area contributed by atoms with Crippen molar-refractivity contribution < 1.29 is 16.8 Å². The van der Waals surface area contributed by atoms with E-state index in [9.17, 15) is 16.8 Å². The van der Waals surface area contributed by atoms with Crippen molar-refractivity contribution in [3.63, 3.8) is 0 Å². The Hall–Kier alpha value is -2.99. The predicted molar refractivity (Wildman–Crippen MR) is 116 cm³/mol. The number of thiophene rings is 1. The molecule has 0 radical (unpaired) electrons. The smallest absolute Gasteiger partial charge is 0.265 e. The molecule has 0 aliphatic rings. The first-order valence-electron chi connectivity index (χ1n) is 8.59. The minimum atomic E-state index is -4.01. The second-order valence-electron chi connectivity index (χ2n) is 6.27. The number of hydrogen-bond donors (Lipinski definition) is 2. The summed E-state index contributed by atoms with van der Waals surface area (Å²) in [5, 5.41) is 11.4. The number of nitrogens with two attached hydrogens (primary N) is 1. The summed E-state index contributed by atoms with van der Waals surface area (Å²) < 4.78 is 53.0. The van der Waals surface area contributed by atoms with Crippen molar-refractivity contribution in [2.45, 2.75) is 9.79 Å². The van der Waals surface area contributed by atoms with Crippen LogP contribution in [0.5, 0.6) is 0 Å². The number of rotatable bonds is 6. The standard InChI is InChI=1S/C19H16N4O4S3/c20-29(24,25)16-10-8-14(9-11-16)22-30(26,27)18-13-23(15-5-2-1-3-6-15)21-19(18)17-7-4-12-28-17/h1-13,22H,(H2,20,24,25). The van der Waals surface area contributed by atoms with E-state index in [0.717, 1.165) is 0 Å². The van der Waals surface area contributed by atoms with E-state index in [1.54, 1.807) is 6.07 Å². The minimum absolute atomic E-state index is 0.00401. The maximum Gasteiger partial charge on any atom is 0.265 e. The maximum atomic E-state index is 13.1. The molecule has 3 N–H and O–H groups in total. The molecule has 30 heavy (non-hydrogen) atoms. The molecule has 8 nitrogen and oxygen atoms in total. The molecule has 0 fully saturated rings. The summed E-state index contributed by atoms with van der Waals surface area (Å²) in [6.45, 7) is 0. The van der Waals surface area contributed by atoms with Gasteiger partial charge in [-0.3, -0.25) is 4.72 Å². The molecule has 0 bridgehead atoms. The molecule has 0 atom stereocenters. The van der Waals surface area contributed by atoms with Gasteiger partial charge in [-0.15, -0.1) is 11.3 Å². The minimum Gasteiger partial charge on any atom is -0.280 e. The quantitative estimate of drug-likeness (QED) is 0.458. The van der Waals surface area contributed by atoms with Gasteiger partial charge in [-0.05, 0) is 47.8 Å². The molecule has 11 heteroatoms. The second kappa shape index (κ2) is 7.69. The number of nitrogens with one attached hydrogen (secondary N) is 1. The van der Waals surface area contributed by atoms with Crippen LogP contribution in [0.3, 0.4) is 0 Å². The van der Waals surface area contributed by atoms with E-state index in [1.165, 1.54) is 46.5 Å². The summed E-state index contributed by atoms with van der Waals surface area (Å²) in [7, 11) is -7.88. The Bertz CT molecular complexity index is 1380. The van der Waals surface area contributed by atoms with Crippen molar-refractivity contribution in [2.75, 3.05) is 4.72 Å². The highest BCUT2D eigenvalue weighted by molar-refractivity contribution is 7.93. The molecule has 2 aromatic heterocycles. The number of aromatic nitrogens is 2. The topological polar surface area (TPSA) is 124 Å². The van der Waals surface area contributed by atoms with E-state index in [2.05, 4.69) is 9.82 Å². The molecular formula is C19H16N4O4S3. The number of anilines is 1. The predicted octanol–water partition coefficient (Wildman–Crippen LogP) is 3.05. The number of hydrogen-bond acceptors (Lipinski definition) is 6. The number of sulfonamides is 2. The number of nitrogens with zero attached hydrogens (tertiary/aromatic N) is 2. The van der Waals surface area contributed by atoms with Crippen LogP contribution in [0.4, 0.5) is 5.69 Å². The summed E-state index contributed by atoms with van der Waals surface area (Å²) in [5.41, 5.74) is 1.24. The molecule has 0 saturated heterocycles. The van der Waals surface area contributed by atoms with Crippen molar-refractivity contribution in [1.29, 1.82) is 0 Å². The number of primary sulfonamides is 1. The third-order valence-corrected chi connectivity index (χ3v) is 7.37. The second-order valence-corrected chi connectivity index (χ2v) is 10.4. The largest absolute Gasteiger partial charge is 0.280 e. The summed E-state index contributed by atoms with van der Waals surface area (Å²) in [6.07, 6.45) is 1.45. The van der Waals surface area contributed by atoms with Crippen molar-refractivity contribution in [3.05, 3.63) is 78.3 Å². The lowest BCUT2D eigenvalue weighted by Crippen LogP contribution is -2.14. The van der Waals surface area contributed by atoms with Gasteiger partial charge in [0.15, 0.2) is 0 Å². The monoisotopic (exact) mass is 460 g/mol. The highest BCUT2D eigenvalue weighted by Gasteiger charge is 2.25. The Morgan fingerprint density at radius 3 is 2.20 bits per heavy atom. The van der Waals surface area contributed by atoms with Crippen LogP contribution in [-0.4, -0.2) is 26.6 Å². The average molecular weight is 461 g/mol. The average Bonchev–Trinajstić information content (AvgIpc) is 3.38. The maximum absolute atomic E-state index is 13.1. The third-order valence-electron chi connectivity index (χ3n) is 4.18. The number of benzene rings is 2. The van der Waals surface area contributed by atoms with Gasteiger partial charge in [0.2, 0.25) is 10.0 Å². The normalized spacial score (nSPS) is 12.0. The highest BCUT2D eigenvalue weighted by Crippen LogP contribution is 2.31. The van der Waals surface area contributed by atoms with Gasteiger partial charge < -0.3 is 0 Å². The van der Waals surface area contributed by atoms with Crippen LogP contribution in [0.15, 0.2) is 88.1 Å². The summed E-state index contributed by atoms with van der Waals surface area (Å²) in [4.78, 5) is 0.598. The van der Waals surface area contributed by atoms with Gasteiger partial charge in [0.1, 0.15) is 10.6 Å². The van der Waals surface area contributed by atoms with Crippen molar-refractivity contribution >= 4 is 37.1 Å². The first kappa shape index (κ1) is 20.3. The van der Waals surface area contributed by atoms with Crippen LogP contribution in [-0.2, 0) is 20.0 Å². The van der Waals surface area contributed by atoms with E-state index in [-0.39, 0.29) is 15.5 Å². The zero-order chi connectivity index (χ0) is 21.4. The number of para-hydroxylation sites is 1. The van der Waals surface area contributed by atoms with Crippen LogP contribution in [0, 0.1) is 0 Å². The van der Waals surface area contributed by atoms with E-state index in [4.69, 9.17) is 5.14 Å². The molecule has 4 aromatic rings.